The normalized spacial score (nSPS) is 12.3. The molecule has 0 aliphatic heterocycles. The van der Waals surface area contributed by atoms with Gasteiger partial charge in [0, 0.05) is 6.61 Å². The van der Waals surface area contributed by atoms with Crippen molar-refractivity contribution >= 4 is 5.97 Å². The number of nitrogens with one attached hydrogen (secondary N) is 1. The first kappa shape index (κ1) is 14.7. The summed E-state index contributed by atoms with van der Waals surface area (Å²) in [5.74, 6) is -0.861. The van der Waals surface area contributed by atoms with Crippen LogP contribution in [0.15, 0.2) is 30.3 Å². The molecule has 0 saturated heterocycles. The van der Waals surface area contributed by atoms with Gasteiger partial charge in [-0.15, -0.1) is 0 Å². The summed E-state index contributed by atoms with van der Waals surface area (Å²) in [6.45, 7) is 3.32. The molecule has 4 heteroatoms. The van der Waals surface area contributed by atoms with Crippen LogP contribution in [0.2, 0.25) is 0 Å². The molecule has 0 heterocycles. The summed E-state index contributed by atoms with van der Waals surface area (Å²) in [4.78, 5) is 10.8. The van der Waals surface area contributed by atoms with E-state index in [0.29, 0.717) is 13.2 Å². The van der Waals surface area contributed by atoms with E-state index in [-0.39, 0.29) is 6.61 Å². The maximum absolute atomic E-state index is 10.8. The molecule has 18 heavy (non-hydrogen) atoms. The minimum absolute atomic E-state index is 0.220. The fourth-order valence-corrected chi connectivity index (χ4v) is 1.69. The number of likely N-dealkylation sites (N-methyl/N-ethyl adjacent to an activating group) is 1. The average Bonchev–Trinajstić information content (AvgIpc) is 2.38. The number of hydrogen-bond acceptors (Lipinski definition) is 3. The first-order valence-corrected chi connectivity index (χ1v) is 6.32. The lowest BCUT2D eigenvalue weighted by Gasteiger charge is -2.13. The third kappa shape index (κ3) is 5.80. The van der Waals surface area contributed by atoms with Crippen LogP contribution in [0.3, 0.4) is 0 Å². The molecule has 4 nitrogen and oxygen atoms in total. The molecule has 100 valence electrons. The van der Waals surface area contributed by atoms with Crippen molar-refractivity contribution in [2.45, 2.75) is 25.8 Å². The second-order valence-electron chi connectivity index (χ2n) is 4.11. The van der Waals surface area contributed by atoms with Crippen LogP contribution in [0.5, 0.6) is 0 Å². The minimum Gasteiger partial charge on any atom is -0.480 e. The summed E-state index contributed by atoms with van der Waals surface area (Å²) >= 11 is 0. The lowest BCUT2D eigenvalue weighted by molar-refractivity contribution is -0.141. The Morgan fingerprint density at radius 1 is 1.39 bits per heavy atom. The van der Waals surface area contributed by atoms with Crippen LogP contribution in [-0.4, -0.2) is 36.9 Å². The zero-order valence-electron chi connectivity index (χ0n) is 10.8. The Kier molecular flexibility index (Phi) is 7.06. The average molecular weight is 251 g/mol. The standard InChI is InChI=1S/C14H21NO3/c1-2-15-13(14(16)17)11-18-10-6-9-12-7-4-3-5-8-12/h3-5,7-8,13,15H,2,6,9-11H2,1H3,(H,16,17). The molecular weight excluding hydrogens is 230 g/mol. The van der Waals surface area contributed by atoms with E-state index in [0.717, 1.165) is 12.8 Å². The molecule has 0 bridgehead atoms. The Bertz CT molecular complexity index is 340. The molecule has 2 N–H and O–H groups in total. The quantitative estimate of drug-likeness (QED) is 0.656. The number of carboxylic acid groups (broad SMARTS) is 1. The van der Waals surface area contributed by atoms with Crippen LogP contribution < -0.4 is 5.32 Å². The summed E-state index contributed by atoms with van der Waals surface area (Å²) in [7, 11) is 0. The summed E-state index contributed by atoms with van der Waals surface area (Å²) in [6, 6.07) is 9.58. The molecule has 0 aromatic heterocycles. The first-order chi connectivity index (χ1) is 8.74. The largest absolute Gasteiger partial charge is 0.480 e. The van der Waals surface area contributed by atoms with Gasteiger partial charge in [0.25, 0.3) is 0 Å². The number of carboxylic acids is 1. The molecule has 1 rings (SSSR count). The van der Waals surface area contributed by atoms with Crippen molar-refractivity contribution in [3.8, 4) is 0 Å². The third-order valence-electron chi connectivity index (χ3n) is 2.63. The van der Waals surface area contributed by atoms with Crippen molar-refractivity contribution in [3.63, 3.8) is 0 Å². The predicted molar refractivity (Wildman–Crippen MR) is 70.7 cm³/mol. The van der Waals surface area contributed by atoms with Gasteiger partial charge in [-0.25, -0.2) is 0 Å². The van der Waals surface area contributed by atoms with Crippen LogP contribution in [0.25, 0.3) is 0 Å². The number of benzene rings is 1. The van der Waals surface area contributed by atoms with Gasteiger partial charge >= 0.3 is 5.97 Å². The second kappa shape index (κ2) is 8.66. The van der Waals surface area contributed by atoms with Gasteiger partial charge in [0.1, 0.15) is 6.04 Å². The van der Waals surface area contributed by atoms with Crippen molar-refractivity contribution in [2.75, 3.05) is 19.8 Å². The summed E-state index contributed by atoms with van der Waals surface area (Å²) in [5.41, 5.74) is 1.28. The topological polar surface area (TPSA) is 58.6 Å². The number of aryl methyl sites for hydroxylation is 1. The van der Waals surface area contributed by atoms with Gasteiger partial charge in [0.2, 0.25) is 0 Å². The predicted octanol–water partition coefficient (Wildman–Crippen LogP) is 1.70. The highest BCUT2D eigenvalue weighted by atomic mass is 16.5. The maximum Gasteiger partial charge on any atom is 0.323 e. The number of rotatable bonds is 9. The summed E-state index contributed by atoms with van der Waals surface area (Å²) in [5, 5.41) is 11.8. The Balaban J connectivity index is 2.12. The molecule has 0 saturated carbocycles. The van der Waals surface area contributed by atoms with E-state index in [1.807, 2.05) is 25.1 Å². The first-order valence-electron chi connectivity index (χ1n) is 6.32. The van der Waals surface area contributed by atoms with Gasteiger partial charge in [-0.05, 0) is 24.9 Å². The van der Waals surface area contributed by atoms with Crippen molar-refractivity contribution in [2.24, 2.45) is 0 Å². The molecule has 1 atom stereocenters. The van der Waals surface area contributed by atoms with Crippen molar-refractivity contribution < 1.29 is 14.6 Å². The van der Waals surface area contributed by atoms with E-state index >= 15 is 0 Å². The summed E-state index contributed by atoms with van der Waals surface area (Å²) in [6.07, 6.45) is 1.86. The number of ether oxygens (including phenoxy) is 1. The van der Waals surface area contributed by atoms with Gasteiger partial charge in [0.05, 0.1) is 6.61 Å². The molecule has 1 aromatic carbocycles. The highest BCUT2D eigenvalue weighted by molar-refractivity contribution is 5.73. The molecule has 1 aromatic rings. The molecule has 0 spiro atoms. The van der Waals surface area contributed by atoms with Crippen LogP contribution in [0, 0.1) is 0 Å². The van der Waals surface area contributed by atoms with Crippen molar-refractivity contribution in [3.05, 3.63) is 35.9 Å². The highest BCUT2D eigenvalue weighted by Gasteiger charge is 2.15. The molecule has 0 aliphatic carbocycles. The molecule has 0 radical (unpaired) electrons. The summed E-state index contributed by atoms with van der Waals surface area (Å²) < 4.78 is 5.39. The van der Waals surface area contributed by atoms with E-state index in [2.05, 4.69) is 17.4 Å². The highest BCUT2D eigenvalue weighted by Crippen LogP contribution is 2.02. The van der Waals surface area contributed by atoms with Crippen molar-refractivity contribution in [1.29, 1.82) is 0 Å². The van der Waals surface area contributed by atoms with Gasteiger partial charge in [-0.1, -0.05) is 37.3 Å². The molecule has 0 amide bonds. The van der Waals surface area contributed by atoms with E-state index in [1.54, 1.807) is 0 Å². The van der Waals surface area contributed by atoms with Gasteiger partial charge < -0.3 is 15.2 Å². The van der Waals surface area contributed by atoms with E-state index < -0.39 is 12.0 Å². The maximum atomic E-state index is 10.8. The molecule has 1 unspecified atom stereocenters. The Labute approximate surface area is 108 Å². The third-order valence-corrected chi connectivity index (χ3v) is 2.63. The van der Waals surface area contributed by atoms with Gasteiger partial charge in [-0.2, -0.15) is 0 Å². The zero-order chi connectivity index (χ0) is 13.2. The number of aliphatic carboxylic acids is 1. The zero-order valence-corrected chi connectivity index (χ0v) is 10.8. The second-order valence-corrected chi connectivity index (χ2v) is 4.11. The molecule has 0 aliphatic rings. The van der Waals surface area contributed by atoms with Crippen molar-refractivity contribution in [1.82, 2.24) is 5.32 Å². The number of carbonyl (C=O) groups is 1. The van der Waals surface area contributed by atoms with Crippen LogP contribution in [-0.2, 0) is 16.0 Å². The van der Waals surface area contributed by atoms with Crippen LogP contribution >= 0.6 is 0 Å². The number of hydrogen-bond donors (Lipinski definition) is 2. The molecule has 0 fully saturated rings. The van der Waals surface area contributed by atoms with E-state index in [4.69, 9.17) is 9.84 Å². The Hall–Kier alpha value is -1.39. The monoisotopic (exact) mass is 251 g/mol. The lowest BCUT2D eigenvalue weighted by Crippen LogP contribution is -2.40. The SMILES string of the molecule is CCNC(COCCCc1ccccc1)C(=O)O. The lowest BCUT2D eigenvalue weighted by atomic mass is 10.1. The smallest absolute Gasteiger partial charge is 0.323 e. The minimum atomic E-state index is -0.861. The fourth-order valence-electron chi connectivity index (χ4n) is 1.69. The van der Waals surface area contributed by atoms with Gasteiger partial charge in [-0.3, -0.25) is 4.79 Å². The van der Waals surface area contributed by atoms with E-state index in [9.17, 15) is 4.79 Å². The van der Waals surface area contributed by atoms with Crippen LogP contribution in [0.4, 0.5) is 0 Å². The van der Waals surface area contributed by atoms with E-state index in [1.165, 1.54) is 5.56 Å². The van der Waals surface area contributed by atoms with Gasteiger partial charge in [0.15, 0.2) is 0 Å². The fraction of sp³-hybridized carbons (Fsp3) is 0.500. The Morgan fingerprint density at radius 3 is 2.72 bits per heavy atom. The molecular formula is C14H21NO3. The van der Waals surface area contributed by atoms with Crippen LogP contribution in [0.1, 0.15) is 18.9 Å². The Morgan fingerprint density at radius 2 is 2.11 bits per heavy atom.